The van der Waals surface area contributed by atoms with Gasteiger partial charge in [-0.3, -0.25) is 4.98 Å². The van der Waals surface area contributed by atoms with E-state index in [0.29, 0.717) is 16.9 Å². The lowest BCUT2D eigenvalue weighted by molar-refractivity contribution is 0.0734. The van der Waals surface area contributed by atoms with Crippen molar-refractivity contribution in [2.24, 2.45) is 0 Å². The molecule has 0 saturated carbocycles. The molecule has 0 N–H and O–H groups in total. The van der Waals surface area contributed by atoms with Gasteiger partial charge in [-0.05, 0) is 47.5 Å². The van der Waals surface area contributed by atoms with E-state index in [-0.39, 0.29) is 5.41 Å². The molecule has 27 heavy (non-hydrogen) atoms. The molecule has 0 atom stereocenters. The van der Waals surface area contributed by atoms with Crippen LogP contribution in [-0.2, 0) is 5.41 Å². The van der Waals surface area contributed by atoms with E-state index in [2.05, 4.69) is 11.1 Å². The zero-order valence-electron chi connectivity index (χ0n) is 15.6. The number of hydrogen-bond acceptors (Lipinski definition) is 4. The fourth-order valence-corrected chi connectivity index (χ4v) is 2.59. The summed E-state index contributed by atoms with van der Waals surface area (Å²) in [5.74, 6) is 0.0699. The SMILES string of the molecule is CC(C)(C)c1cc(C(=O)Oc2ccc(-c3ccc(C#N)cc3)cc2)ccn1. The van der Waals surface area contributed by atoms with Crippen molar-refractivity contribution < 1.29 is 9.53 Å². The van der Waals surface area contributed by atoms with E-state index in [9.17, 15) is 4.79 Å². The number of esters is 1. The summed E-state index contributed by atoms with van der Waals surface area (Å²) in [6.07, 6.45) is 1.63. The van der Waals surface area contributed by atoms with Crippen molar-refractivity contribution in [3.8, 4) is 22.9 Å². The van der Waals surface area contributed by atoms with Crippen molar-refractivity contribution in [2.45, 2.75) is 26.2 Å². The lowest BCUT2D eigenvalue weighted by atomic mass is 9.91. The van der Waals surface area contributed by atoms with Crippen molar-refractivity contribution in [1.82, 2.24) is 4.98 Å². The number of rotatable bonds is 3. The van der Waals surface area contributed by atoms with Gasteiger partial charge in [0.05, 0.1) is 17.2 Å². The van der Waals surface area contributed by atoms with Crippen molar-refractivity contribution >= 4 is 5.97 Å². The topological polar surface area (TPSA) is 63.0 Å². The Hall–Kier alpha value is -3.45. The minimum absolute atomic E-state index is 0.140. The smallest absolute Gasteiger partial charge is 0.343 e. The molecule has 0 radical (unpaired) electrons. The second-order valence-corrected chi connectivity index (χ2v) is 7.28. The Bertz CT molecular complexity index is 992. The monoisotopic (exact) mass is 356 g/mol. The van der Waals surface area contributed by atoms with Gasteiger partial charge in [-0.15, -0.1) is 0 Å². The Kier molecular flexibility index (Phi) is 5.05. The predicted molar refractivity (Wildman–Crippen MR) is 104 cm³/mol. The summed E-state index contributed by atoms with van der Waals surface area (Å²) in [5.41, 5.74) is 3.78. The second kappa shape index (κ2) is 7.43. The third kappa shape index (κ3) is 4.39. The first-order valence-corrected chi connectivity index (χ1v) is 8.66. The van der Waals surface area contributed by atoms with Crippen LogP contribution >= 0.6 is 0 Å². The van der Waals surface area contributed by atoms with Crippen LogP contribution in [-0.4, -0.2) is 11.0 Å². The summed E-state index contributed by atoms with van der Waals surface area (Å²) in [7, 11) is 0. The summed E-state index contributed by atoms with van der Waals surface area (Å²) < 4.78 is 5.49. The summed E-state index contributed by atoms with van der Waals surface area (Å²) in [6.45, 7) is 6.14. The molecule has 1 aromatic heterocycles. The van der Waals surface area contributed by atoms with E-state index in [4.69, 9.17) is 10.00 Å². The maximum atomic E-state index is 12.4. The van der Waals surface area contributed by atoms with Crippen molar-refractivity contribution in [1.29, 1.82) is 5.26 Å². The van der Waals surface area contributed by atoms with Crippen LogP contribution in [0.2, 0.25) is 0 Å². The van der Waals surface area contributed by atoms with Crippen molar-refractivity contribution in [2.75, 3.05) is 0 Å². The van der Waals surface area contributed by atoms with E-state index in [0.717, 1.165) is 16.8 Å². The molecule has 3 aromatic rings. The molecule has 134 valence electrons. The van der Waals surface area contributed by atoms with Crippen molar-refractivity contribution in [3.63, 3.8) is 0 Å². The lowest BCUT2D eigenvalue weighted by Crippen LogP contribution is -2.16. The number of carbonyl (C=O) groups is 1. The van der Waals surface area contributed by atoms with Crippen LogP contribution in [0, 0.1) is 11.3 Å². The van der Waals surface area contributed by atoms with Gasteiger partial charge in [0, 0.05) is 17.3 Å². The van der Waals surface area contributed by atoms with Gasteiger partial charge in [-0.1, -0.05) is 45.0 Å². The molecule has 2 aromatic carbocycles. The Morgan fingerprint density at radius 1 is 0.963 bits per heavy atom. The Morgan fingerprint density at radius 2 is 1.56 bits per heavy atom. The Balaban J connectivity index is 1.74. The summed E-state index contributed by atoms with van der Waals surface area (Å²) in [6, 6.07) is 20.2. The Labute approximate surface area is 159 Å². The highest BCUT2D eigenvalue weighted by Crippen LogP contribution is 2.24. The first-order valence-electron chi connectivity index (χ1n) is 8.66. The van der Waals surface area contributed by atoms with Crippen LogP contribution in [0.1, 0.15) is 42.4 Å². The van der Waals surface area contributed by atoms with Gasteiger partial charge in [0.15, 0.2) is 0 Å². The van der Waals surface area contributed by atoms with Crippen LogP contribution < -0.4 is 4.74 Å². The molecular weight excluding hydrogens is 336 g/mol. The first kappa shape index (κ1) is 18.3. The maximum Gasteiger partial charge on any atom is 0.343 e. The number of carbonyl (C=O) groups excluding carboxylic acids is 1. The fraction of sp³-hybridized carbons (Fsp3) is 0.174. The van der Waals surface area contributed by atoms with Crippen LogP contribution in [0.3, 0.4) is 0 Å². The lowest BCUT2D eigenvalue weighted by Gasteiger charge is -2.17. The molecule has 0 aliphatic carbocycles. The minimum Gasteiger partial charge on any atom is -0.423 e. The molecule has 3 rings (SSSR count). The molecule has 1 heterocycles. The predicted octanol–water partition coefficient (Wildman–Crippen LogP) is 5.14. The van der Waals surface area contributed by atoms with E-state index in [1.165, 1.54) is 0 Å². The van der Waals surface area contributed by atoms with Gasteiger partial charge in [0.25, 0.3) is 0 Å². The average molecular weight is 356 g/mol. The molecule has 0 spiro atoms. The van der Waals surface area contributed by atoms with E-state index in [1.54, 1.807) is 42.6 Å². The highest BCUT2D eigenvalue weighted by atomic mass is 16.5. The van der Waals surface area contributed by atoms with Crippen molar-refractivity contribution in [3.05, 3.63) is 83.7 Å². The normalized spacial score (nSPS) is 10.9. The number of aromatic nitrogens is 1. The molecule has 0 amide bonds. The molecule has 0 aliphatic rings. The maximum absolute atomic E-state index is 12.4. The highest BCUT2D eigenvalue weighted by Gasteiger charge is 2.18. The van der Waals surface area contributed by atoms with E-state index < -0.39 is 5.97 Å². The molecule has 0 unspecified atom stereocenters. The summed E-state index contributed by atoms with van der Waals surface area (Å²) >= 11 is 0. The quantitative estimate of drug-likeness (QED) is 0.482. The Morgan fingerprint density at radius 3 is 2.11 bits per heavy atom. The van der Waals surface area contributed by atoms with Crippen LogP contribution in [0.5, 0.6) is 5.75 Å². The second-order valence-electron chi connectivity index (χ2n) is 7.28. The fourth-order valence-electron chi connectivity index (χ4n) is 2.59. The number of pyridine rings is 1. The van der Waals surface area contributed by atoms with Gasteiger partial charge < -0.3 is 4.74 Å². The van der Waals surface area contributed by atoms with Gasteiger partial charge in [0.2, 0.25) is 0 Å². The molecule has 0 bridgehead atoms. The number of hydrogen-bond donors (Lipinski definition) is 0. The largest absolute Gasteiger partial charge is 0.423 e. The molecule has 0 fully saturated rings. The number of nitrogens with zero attached hydrogens (tertiary/aromatic N) is 2. The van der Waals surface area contributed by atoms with Gasteiger partial charge >= 0.3 is 5.97 Å². The average Bonchev–Trinajstić information content (AvgIpc) is 2.68. The number of benzene rings is 2. The molecule has 4 nitrogen and oxygen atoms in total. The molecule has 0 saturated heterocycles. The van der Waals surface area contributed by atoms with Crippen LogP contribution in [0.4, 0.5) is 0 Å². The highest BCUT2D eigenvalue weighted by molar-refractivity contribution is 5.91. The van der Waals surface area contributed by atoms with Crippen LogP contribution in [0.25, 0.3) is 11.1 Å². The van der Waals surface area contributed by atoms with Crippen LogP contribution in [0.15, 0.2) is 66.9 Å². The van der Waals surface area contributed by atoms with Gasteiger partial charge in [-0.2, -0.15) is 5.26 Å². The van der Waals surface area contributed by atoms with Gasteiger partial charge in [0.1, 0.15) is 5.75 Å². The third-order valence-corrected chi connectivity index (χ3v) is 4.18. The summed E-state index contributed by atoms with van der Waals surface area (Å²) in [4.78, 5) is 16.8. The summed E-state index contributed by atoms with van der Waals surface area (Å²) in [5, 5.41) is 8.87. The van der Waals surface area contributed by atoms with E-state index in [1.807, 2.05) is 45.0 Å². The minimum atomic E-state index is -0.408. The zero-order chi connectivity index (χ0) is 19.4. The van der Waals surface area contributed by atoms with E-state index >= 15 is 0 Å². The van der Waals surface area contributed by atoms with Gasteiger partial charge in [-0.25, -0.2) is 4.79 Å². The zero-order valence-corrected chi connectivity index (χ0v) is 15.6. The third-order valence-electron chi connectivity index (χ3n) is 4.18. The number of ether oxygens (including phenoxy) is 1. The standard InChI is InChI=1S/C23H20N2O2/c1-23(2,3)21-14-19(12-13-25-21)22(26)27-20-10-8-18(9-11-20)17-6-4-16(15-24)5-7-17/h4-14H,1-3H3. The molecule has 0 aliphatic heterocycles. The molecular formula is C23H20N2O2. The molecule has 4 heteroatoms. The first-order chi connectivity index (χ1) is 12.9. The number of nitriles is 1.